The lowest BCUT2D eigenvalue weighted by Gasteiger charge is -2.13. The summed E-state index contributed by atoms with van der Waals surface area (Å²) in [5.74, 6) is -0.0526. The number of nitrogens with one attached hydrogen (secondary N) is 1. The second kappa shape index (κ2) is 4.14. The highest BCUT2D eigenvalue weighted by Gasteiger charge is 2.41. The number of aromatic hydroxyl groups is 1. The number of nitrogens with two attached hydrogens (primary N) is 1. The number of rotatable bonds is 4. The van der Waals surface area contributed by atoms with Gasteiger partial charge in [0.15, 0.2) is 0 Å². The van der Waals surface area contributed by atoms with Gasteiger partial charge < -0.3 is 16.2 Å². The monoisotopic (exact) mass is 220 g/mol. The summed E-state index contributed by atoms with van der Waals surface area (Å²) < 4.78 is 0. The Bertz CT molecular complexity index is 400. The Morgan fingerprint density at radius 2 is 2.25 bits per heavy atom. The van der Waals surface area contributed by atoms with E-state index in [0.717, 1.165) is 12.8 Å². The fourth-order valence-corrected chi connectivity index (χ4v) is 1.65. The number of hydrogen-bond donors (Lipinski definition) is 3. The molecule has 0 radical (unpaired) electrons. The Kier molecular flexibility index (Phi) is 2.83. The van der Waals surface area contributed by atoms with Crippen molar-refractivity contribution in [1.29, 1.82) is 0 Å². The molecule has 0 saturated heterocycles. The molecule has 0 aromatic heterocycles. The van der Waals surface area contributed by atoms with Crippen LogP contribution >= 0.6 is 0 Å². The molecule has 0 atom stereocenters. The van der Waals surface area contributed by atoms with Gasteiger partial charge in [-0.05, 0) is 37.6 Å². The number of phenolic OH excluding ortho intramolecular Hbond substituents is 1. The highest BCUT2D eigenvalue weighted by molar-refractivity contribution is 5.94. The van der Waals surface area contributed by atoms with Crippen LogP contribution in [0.1, 0.15) is 23.2 Å². The third kappa shape index (κ3) is 2.33. The summed E-state index contributed by atoms with van der Waals surface area (Å²) in [6.45, 7) is 1.24. The summed E-state index contributed by atoms with van der Waals surface area (Å²) >= 11 is 0. The minimum absolute atomic E-state index is 0.104. The minimum atomic E-state index is -0.157. The molecular formula is C12H16N2O2. The van der Waals surface area contributed by atoms with Gasteiger partial charge in [-0.25, -0.2) is 0 Å². The normalized spacial score (nSPS) is 16.8. The second-order valence-electron chi connectivity index (χ2n) is 4.44. The van der Waals surface area contributed by atoms with E-state index < -0.39 is 0 Å². The largest absolute Gasteiger partial charge is 0.508 e. The molecular weight excluding hydrogens is 204 g/mol. The Labute approximate surface area is 94.5 Å². The molecule has 1 amide bonds. The van der Waals surface area contributed by atoms with Crippen LogP contribution in [0.15, 0.2) is 24.3 Å². The summed E-state index contributed by atoms with van der Waals surface area (Å²) in [5, 5.41) is 12.1. The van der Waals surface area contributed by atoms with Gasteiger partial charge >= 0.3 is 0 Å². The number of hydrogen-bond acceptors (Lipinski definition) is 3. The van der Waals surface area contributed by atoms with Crippen molar-refractivity contribution in [2.45, 2.75) is 12.8 Å². The van der Waals surface area contributed by atoms with Crippen LogP contribution in [-0.4, -0.2) is 24.1 Å². The van der Waals surface area contributed by atoms with Crippen LogP contribution in [0.3, 0.4) is 0 Å². The van der Waals surface area contributed by atoms with Gasteiger partial charge in [0.1, 0.15) is 5.75 Å². The van der Waals surface area contributed by atoms with E-state index in [-0.39, 0.29) is 17.1 Å². The maximum absolute atomic E-state index is 11.7. The molecule has 4 N–H and O–H groups in total. The molecule has 0 spiro atoms. The van der Waals surface area contributed by atoms with Gasteiger partial charge in [-0.3, -0.25) is 4.79 Å². The summed E-state index contributed by atoms with van der Waals surface area (Å²) in [6, 6.07) is 6.33. The van der Waals surface area contributed by atoms with Crippen LogP contribution in [-0.2, 0) is 0 Å². The molecule has 0 heterocycles. The Morgan fingerprint density at radius 1 is 1.50 bits per heavy atom. The Morgan fingerprint density at radius 3 is 2.81 bits per heavy atom. The molecule has 1 aliphatic rings. The predicted molar refractivity (Wildman–Crippen MR) is 61.2 cm³/mol. The van der Waals surface area contributed by atoms with Gasteiger partial charge in [0.05, 0.1) is 0 Å². The van der Waals surface area contributed by atoms with Crippen molar-refractivity contribution < 1.29 is 9.90 Å². The zero-order valence-corrected chi connectivity index (χ0v) is 9.07. The zero-order chi connectivity index (χ0) is 11.6. The number of phenols is 1. The minimum Gasteiger partial charge on any atom is -0.508 e. The average molecular weight is 220 g/mol. The van der Waals surface area contributed by atoms with E-state index in [1.807, 2.05) is 0 Å². The second-order valence-corrected chi connectivity index (χ2v) is 4.44. The number of amides is 1. The van der Waals surface area contributed by atoms with E-state index in [4.69, 9.17) is 5.73 Å². The molecule has 1 aliphatic carbocycles. The smallest absolute Gasteiger partial charge is 0.251 e. The summed E-state index contributed by atoms with van der Waals surface area (Å²) in [6.07, 6.45) is 2.17. The van der Waals surface area contributed by atoms with Gasteiger partial charge in [-0.2, -0.15) is 0 Å². The predicted octanol–water partition coefficient (Wildman–Crippen LogP) is 0.861. The highest BCUT2D eigenvalue weighted by atomic mass is 16.3. The lowest BCUT2D eigenvalue weighted by molar-refractivity contribution is 0.0945. The molecule has 4 heteroatoms. The fourth-order valence-electron chi connectivity index (χ4n) is 1.65. The molecule has 16 heavy (non-hydrogen) atoms. The first kappa shape index (κ1) is 11.0. The topological polar surface area (TPSA) is 75.3 Å². The van der Waals surface area contributed by atoms with Crippen LogP contribution in [0.25, 0.3) is 0 Å². The number of carbonyl (C=O) groups is 1. The molecule has 1 saturated carbocycles. The van der Waals surface area contributed by atoms with Gasteiger partial charge in [-0.1, -0.05) is 6.07 Å². The molecule has 0 unspecified atom stereocenters. The van der Waals surface area contributed by atoms with Crippen LogP contribution in [0, 0.1) is 5.41 Å². The summed E-state index contributed by atoms with van der Waals surface area (Å²) in [7, 11) is 0. The first-order valence-electron chi connectivity index (χ1n) is 5.43. The van der Waals surface area contributed by atoms with Crippen molar-refractivity contribution >= 4 is 5.91 Å². The van der Waals surface area contributed by atoms with E-state index >= 15 is 0 Å². The Balaban J connectivity index is 1.93. The number of carbonyl (C=O) groups excluding carboxylic acids is 1. The average Bonchev–Trinajstić information content (AvgIpc) is 3.07. The maximum Gasteiger partial charge on any atom is 0.251 e. The van der Waals surface area contributed by atoms with Crippen molar-refractivity contribution in [2.24, 2.45) is 11.1 Å². The maximum atomic E-state index is 11.7. The van der Waals surface area contributed by atoms with E-state index in [2.05, 4.69) is 5.32 Å². The van der Waals surface area contributed by atoms with Crippen molar-refractivity contribution in [3.63, 3.8) is 0 Å². The van der Waals surface area contributed by atoms with Crippen LogP contribution in [0.5, 0.6) is 5.75 Å². The lowest BCUT2D eigenvalue weighted by Crippen LogP contribution is -2.33. The van der Waals surface area contributed by atoms with Gasteiger partial charge in [-0.15, -0.1) is 0 Å². The molecule has 0 bridgehead atoms. The van der Waals surface area contributed by atoms with E-state index in [9.17, 15) is 9.90 Å². The standard InChI is InChI=1S/C12H16N2O2/c13-7-12(4-5-12)8-14-11(16)9-2-1-3-10(15)6-9/h1-3,6,15H,4-5,7-8,13H2,(H,14,16). The van der Waals surface area contributed by atoms with Gasteiger partial charge in [0, 0.05) is 17.5 Å². The van der Waals surface area contributed by atoms with Crippen molar-refractivity contribution in [3.8, 4) is 5.75 Å². The van der Waals surface area contributed by atoms with Crippen molar-refractivity contribution in [3.05, 3.63) is 29.8 Å². The SMILES string of the molecule is NCC1(CNC(=O)c2cccc(O)c2)CC1. The van der Waals surface area contributed by atoms with Crippen LogP contribution in [0.2, 0.25) is 0 Å². The molecule has 86 valence electrons. The van der Waals surface area contributed by atoms with Gasteiger partial charge in [0.25, 0.3) is 5.91 Å². The summed E-state index contributed by atoms with van der Waals surface area (Å²) in [5.41, 5.74) is 6.24. The molecule has 1 aromatic rings. The summed E-state index contributed by atoms with van der Waals surface area (Å²) in [4.78, 5) is 11.7. The molecule has 0 aliphatic heterocycles. The van der Waals surface area contributed by atoms with E-state index in [1.165, 1.54) is 6.07 Å². The molecule has 4 nitrogen and oxygen atoms in total. The fraction of sp³-hybridized carbons (Fsp3) is 0.417. The Hall–Kier alpha value is -1.55. The van der Waals surface area contributed by atoms with E-state index in [0.29, 0.717) is 18.7 Å². The number of benzene rings is 1. The highest BCUT2D eigenvalue weighted by Crippen LogP contribution is 2.43. The quantitative estimate of drug-likeness (QED) is 0.704. The zero-order valence-electron chi connectivity index (χ0n) is 9.07. The van der Waals surface area contributed by atoms with Gasteiger partial charge in [0.2, 0.25) is 0 Å². The van der Waals surface area contributed by atoms with Crippen molar-refractivity contribution in [2.75, 3.05) is 13.1 Å². The third-order valence-electron chi connectivity index (χ3n) is 3.12. The third-order valence-corrected chi connectivity index (χ3v) is 3.12. The lowest BCUT2D eigenvalue weighted by atomic mass is 10.1. The van der Waals surface area contributed by atoms with Crippen LogP contribution in [0.4, 0.5) is 0 Å². The molecule has 1 aromatic carbocycles. The molecule has 1 fully saturated rings. The first-order chi connectivity index (χ1) is 7.65. The van der Waals surface area contributed by atoms with Crippen LogP contribution < -0.4 is 11.1 Å². The molecule has 2 rings (SSSR count). The van der Waals surface area contributed by atoms with Crippen molar-refractivity contribution in [1.82, 2.24) is 5.32 Å². The van der Waals surface area contributed by atoms with E-state index in [1.54, 1.807) is 18.2 Å². The first-order valence-corrected chi connectivity index (χ1v) is 5.43.